The van der Waals surface area contributed by atoms with Crippen molar-refractivity contribution in [2.45, 2.75) is 6.67 Å². The summed E-state index contributed by atoms with van der Waals surface area (Å²) in [4.78, 5) is 10.0. The molecule has 5 nitrogen and oxygen atoms in total. The zero-order valence-corrected chi connectivity index (χ0v) is 27.4. The minimum atomic E-state index is 0.419. The largest absolute Gasteiger partial charge is 0.320 e. The molecule has 3 heterocycles. The zero-order valence-electron chi connectivity index (χ0n) is 27.4. The van der Waals surface area contributed by atoms with E-state index >= 15 is 0 Å². The molecule has 9 rings (SSSR count). The summed E-state index contributed by atoms with van der Waals surface area (Å²) in [5.41, 5.74) is 10.8. The molecule has 9 aromatic rings. The maximum atomic E-state index is 5.47. The second-order valence-corrected chi connectivity index (χ2v) is 12.4. The van der Waals surface area contributed by atoms with Crippen LogP contribution in [0.15, 0.2) is 186 Å². The predicted octanol–water partition coefficient (Wildman–Crippen LogP) is 11.0. The van der Waals surface area contributed by atoms with Crippen molar-refractivity contribution in [2.75, 3.05) is 0 Å². The minimum Gasteiger partial charge on any atom is -0.320 e. The third kappa shape index (κ3) is 4.95. The SMILES string of the molecule is C=Nc1c(/C(=N\Cn2c3ccccc3c3ccc4c(ccn4-c4ccccc4)c32)c2ccc(-c3ccccc3)cc2)ccn1-c1ccccc1. The third-order valence-electron chi connectivity index (χ3n) is 9.57. The van der Waals surface area contributed by atoms with Gasteiger partial charge in [0.2, 0.25) is 0 Å². The topological polar surface area (TPSA) is 39.5 Å². The molecule has 0 atom stereocenters. The number of rotatable bonds is 8. The maximum absolute atomic E-state index is 5.47. The molecule has 0 amide bonds. The highest BCUT2D eigenvalue weighted by molar-refractivity contribution is 6.18. The van der Waals surface area contributed by atoms with E-state index in [1.807, 2.05) is 24.3 Å². The summed E-state index contributed by atoms with van der Waals surface area (Å²) in [6.45, 7) is 4.42. The highest BCUT2D eigenvalue weighted by Crippen LogP contribution is 2.36. The summed E-state index contributed by atoms with van der Waals surface area (Å²) in [5.74, 6) is 0.756. The summed E-state index contributed by atoms with van der Waals surface area (Å²) in [6, 6.07) is 57.3. The lowest BCUT2D eigenvalue weighted by atomic mass is 9.99. The Morgan fingerprint density at radius 2 is 1.12 bits per heavy atom. The predicted molar refractivity (Wildman–Crippen MR) is 209 cm³/mol. The molecule has 0 spiro atoms. The van der Waals surface area contributed by atoms with Crippen molar-refractivity contribution < 1.29 is 0 Å². The molecule has 0 aliphatic heterocycles. The number of nitrogens with zero attached hydrogens (tertiary/aromatic N) is 5. The normalized spacial score (nSPS) is 11.9. The van der Waals surface area contributed by atoms with Crippen LogP contribution in [0.5, 0.6) is 0 Å². The molecular weight excluding hydrogens is 611 g/mol. The Hall–Kier alpha value is -6.72. The number of aliphatic imine (C=N–C) groups is 2. The molecule has 0 radical (unpaired) electrons. The van der Waals surface area contributed by atoms with Gasteiger partial charge in [0.05, 0.1) is 22.3 Å². The number of hydrogen-bond acceptors (Lipinski definition) is 2. The fourth-order valence-electron chi connectivity index (χ4n) is 7.22. The Kier molecular flexibility index (Phi) is 7.29. The van der Waals surface area contributed by atoms with Crippen LogP contribution >= 0.6 is 0 Å². The highest BCUT2D eigenvalue weighted by atomic mass is 15.1. The van der Waals surface area contributed by atoms with Gasteiger partial charge >= 0.3 is 0 Å². The molecule has 0 bridgehead atoms. The number of benzene rings is 6. The quantitative estimate of drug-likeness (QED) is 0.148. The van der Waals surface area contributed by atoms with E-state index in [1.165, 1.54) is 27.2 Å². The first kappa shape index (κ1) is 29.4. The average Bonchev–Trinajstić information content (AvgIpc) is 3.90. The molecule has 6 aromatic carbocycles. The van der Waals surface area contributed by atoms with Gasteiger partial charge in [-0.05, 0) is 66.4 Å². The Balaban J connectivity index is 1.23. The molecule has 5 heteroatoms. The van der Waals surface area contributed by atoms with Crippen molar-refractivity contribution in [1.82, 2.24) is 13.7 Å². The number of aromatic nitrogens is 3. The summed E-state index contributed by atoms with van der Waals surface area (Å²) in [7, 11) is 0. The first-order valence-corrected chi connectivity index (χ1v) is 16.8. The molecule has 0 saturated heterocycles. The molecule has 3 aromatic heterocycles. The second kappa shape index (κ2) is 12.4. The molecule has 0 aliphatic carbocycles. The second-order valence-electron chi connectivity index (χ2n) is 12.4. The molecule has 238 valence electrons. The van der Waals surface area contributed by atoms with E-state index in [1.54, 1.807) is 0 Å². The summed E-state index contributed by atoms with van der Waals surface area (Å²) in [6.07, 6.45) is 4.22. The van der Waals surface area contributed by atoms with Crippen molar-refractivity contribution in [2.24, 2.45) is 9.98 Å². The van der Waals surface area contributed by atoms with Gasteiger partial charge in [-0.15, -0.1) is 0 Å². The first-order valence-electron chi connectivity index (χ1n) is 16.8. The van der Waals surface area contributed by atoms with Gasteiger partial charge in [0.15, 0.2) is 0 Å². The molecule has 0 aliphatic rings. The smallest absolute Gasteiger partial charge is 0.145 e. The maximum Gasteiger partial charge on any atom is 0.145 e. The third-order valence-corrected chi connectivity index (χ3v) is 9.57. The van der Waals surface area contributed by atoms with E-state index in [0.29, 0.717) is 6.67 Å². The van der Waals surface area contributed by atoms with Gasteiger partial charge in [0.25, 0.3) is 0 Å². The van der Waals surface area contributed by atoms with Crippen molar-refractivity contribution >= 4 is 51.0 Å². The van der Waals surface area contributed by atoms with Gasteiger partial charge in [-0.3, -0.25) is 4.99 Å². The lowest BCUT2D eigenvalue weighted by Gasteiger charge is -2.12. The molecule has 0 N–H and O–H groups in total. The van der Waals surface area contributed by atoms with Gasteiger partial charge in [0, 0.05) is 51.1 Å². The number of para-hydroxylation sites is 3. The summed E-state index contributed by atoms with van der Waals surface area (Å²) in [5, 5.41) is 3.62. The Morgan fingerprint density at radius 1 is 0.500 bits per heavy atom. The van der Waals surface area contributed by atoms with Crippen LogP contribution in [-0.2, 0) is 6.67 Å². The number of fused-ring (bicyclic) bond motifs is 5. The number of hydrogen-bond donors (Lipinski definition) is 0. The summed E-state index contributed by atoms with van der Waals surface area (Å²) >= 11 is 0. The van der Waals surface area contributed by atoms with E-state index in [0.717, 1.165) is 50.6 Å². The van der Waals surface area contributed by atoms with Crippen LogP contribution in [0.1, 0.15) is 11.1 Å². The van der Waals surface area contributed by atoms with Gasteiger partial charge < -0.3 is 13.7 Å². The van der Waals surface area contributed by atoms with Crippen molar-refractivity contribution in [3.05, 3.63) is 187 Å². The molecule has 0 fully saturated rings. The van der Waals surface area contributed by atoms with Gasteiger partial charge in [-0.25, -0.2) is 4.99 Å². The first-order chi connectivity index (χ1) is 24.8. The van der Waals surface area contributed by atoms with Crippen LogP contribution in [0, 0.1) is 0 Å². The van der Waals surface area contributed by atoms with Crippen LogP contribution in [-0.4, -0.2) is 26.1 Å². The molecule has 50 heavy (non-hydrogen) atoms. The monoisotopic (exact) mass is 643 g/mol. The van der Waals surface area contributed by atoms with Crippen LogP contribution in [0.25, 0.3) is 55.2 Å². The average molecular weight is 644 g/mol. The minimum absolute atomic E-state index is 0.419. The molecular formula is C45H33N5. The fourth-order valence-corrected chi connectivity index (χ4v) is 7.22. The van der Waals surface area contributed by atoms with E-state index in [4.69, 9.17) is 4.99 Å². The van der Waals surface area contributed by atoms with E-state index in [9.17, 15) is 0 Å². The van der Waals surface area contributed by atoms with Crippen molar-refractivity contribution in [1.29, 1.82) is 0 Å². The standard InChI is InChI=1S/C45H33N5/c1-46-45-40(28-30-49(45)36-17-9-4-10-18-36)43(34-23-21-33(22-24-34)32-13-5-2-6-14-32)47-31-50-41-20-12-11-19-37(41)38-25-26-42-39(44(38)50)27-29-48(42)35-15-7-3-8-16-35/h2-30H,1,31H2/b47-43-. The van der Waals surface area contributed by atoms with Gasteiger partial charge in [-0.2, -0.15) is 0 Å². The molecule has 0 saturated carbocycles. The van der Waals surface area contributed by atoms with E-state index < -0.39 is 0 Å². The lowest BCUT2D eigenvalue weighted by molar-refractivity contribution is 0.795. The van der Waals surface area contributed by atoms with E-state index in [-0.39, 0.29) is 0 Å². The Labute approximate surface area is 290 Å². The van der Waals surface area contributed by atoms with Crippen LogP contribution in [0.3, 0.4) is 0 Å². The van der Waals surface area contributed by atoms with E-state index in [2.05, 4.69) is 177 Å². The van der Waals surface area contributed by atoms with Crippen LogP contribution in [0.4, 0.5) is 5.82 Å². The van der Waals surface area contributed by atoms with Crippen molar-refractivity contribution in [3.8, 4) is 22.5 Å². The Morgan fingerprint density at radius 3 is 1.84 bits per heavy atom. The fraction of sp³-hybridized carbons (Fsp3) is 0.0222. The van der Waals surface area contributed by atoms with Crippen LogP contribution in [0.2, 0.25) is 0 Å². The highest BCUT2D eigenvalue weighted by Gasteiger charge is 2.19. The van der Waals surface area contributed by atoms with Gasteiger partial charge in [0.1, 0.15) is 12.5 Å². The lowest BCUT2D eigenvalue weighted by Crippen LogP contribution is -2.07. The Bertz CT molecular complexity index is 2660. The van der Waals surface area contributed by atoms with Crippen molar-refractivity contribution in [3.63, 3.8) is 0 Å². The summed E-state index contributed by atoms with van der Waals surface area (Å²) < 4.78 is 6.69. The zero-order chi connectivity index (χ0) is 33.4. The molecule has 0 unspecified atom stereocenters. The van der Waals surface area contributed by atoms with Gasteiger partial charge in [-0.1, -0.05) is 115 Å². The van der Waals surface area contributed by atoms with Crippen LogP contribution < -0.4 is 0 Å².